The van der Waals surface area contributed by atoms with Gasteiger partial charge in [-0.1, -0.05) is 0 Å². The summed E-state index contributed by atoms with van der Waals surface area (Å²) in [6.07, 6.45) is 2.50. The molecule has 0 aromatic carbocycles. The number of hydrogen-bond acceptors (Lipinski definition) is 5. The number of furan rings is 1. The smallest absolute Gasteiger partial charge is 0.301 e. The Hall–Kier alpha value is -1.37. The van der Waals surface area contributed by atoms with E-state index >= 15 is 0 Å². The number of hydrogen-bond donors (Lipinski definition) is 2. The molecule has 1 amide bonds. The molecule has 1 aliphatic rings. The van der Waals surface area contributed by atoms with Crippen molar-refractivity contribution in [3.05, 3.63) is 23.2 Å². The summed E-state index contributed by atoms with van der Waals surface area (Å²) in [4.78, 5) is 16.2. The second-order valence-corrected chi connectivity index (χ2v) is 6.14. The number of nitrogens with one attached hydrogen (secondary N) is 1. The van der Waals surface area contributed by atoms with Gasteiger partial charge in [-0.2, -0.15) is 0 Å². The quantitative estimate of drug-likeness (QED) is 0.481. The third kappa shape index (κ3) is 4.30. The number of piperidine rings is 1. The number of hydrazine groups is 1. The molecular weight excluding hydrogens is 268 g/mol. The van der Waals surface area contributed by atoms with Crippen LogP contribution in [0.25, 0.3) is 0 Å². The molecule has 6 nitrogen and oxygen atoms in total. The SMILES string of the molecule is Cc1cc(CN(C)CC2CCN(C)CC2)oc1C(=O)NN. The Kier molecular flexibility index (Phi) is 5.39. The minimum Gasteiger partial charge on any atom is -0.454 e. The van der Waals surface area contributed by atoms with Gasteiger partial charge in [-0.15, -0.1) is 0 Å². The van der Waals surface area contributed by atoms with Gasteiger partial charge in [0.1, 0.15) is 5.76 Å². The average molecular weight is 294 g/mol. The fourth-order valence-electron chi connectivity index (χ4n) is 2.93. The van der Waals surface area contributed by atoms with Crippen LogP contribution < -0.4 is 11.3 Å². The monoisotopic (exact) mass is 294 g/mol. The van der Waals surface area contributed by atoms with Gasteiger partial charge in [0, 0.05) is 12.1 Å². The molecule has 118 valence electrons. The molecule has 0 aliphatic carbocycles. The number of rotatable bonds is 5. The van der Waals surface area contributed by atoms with E-state index in [0.29, 0.717) is 12.3 Å². The van der Waals surface area contributed by atoms with E-state index in [-0.39, 0.29) is 5.91 Å². The standard InChI is InChI=1S/C15H26N4O2/c1-11-8-13(21-14(11)15(20)17-16)10-19(3)9-12-4-6-18(2)7-5-12/h8,12H,4-7,9-10,16H2,1-3H3,(H,17,20). The van der Waals surface area contributed by atoms with E-state index in [2.05, 4.69) is 29.3 Å². The number of nitrogens with zero attached hydrogens (tertiary/aromatic N) is 2. The summed E-state index contributed by atoms with van der Waals surface area (Å²) in [5, 5.41) is 0. The second-order valence-electron chi connectivity index (χ2n) is 6.14. The Morgan fingerprint density at radius 3 is 2.81 bits per heavy atom. The number of amides is 1. The van der Waals surface area contributed by atoms with Gasteiger partial charge in [0.25, 0.3) is 0 Å². The van der Waals surface area contributed by atoms with Crippen LogP contribution in [0, 0.1) is 12.8 Å². The van der Waals surface area contributed by atoms with Gasteiger partial charge in [0.2, 0.25) is 0 Å². The van der Waals surface area contributed by atoms with E-state index in [1.165, 1.54) is 25.9 Å². The lowest BCUT2D eigenvalue weighted by molar-refractivity contribution is 0.0920. The Morgan fingerprint density at radius 1 is 1.52 bits per heavy atom. The molecule has 1 aromatic heterocycles. The predicted molar refractivity (Wildman–Crippen MR) is 81.7 cm³/mol. The van der Waals surface area contributed by atoms with E-state index in [9.17, 15) is 4.79 Å². The van der Waals surface area contributed by atoms with E-state index < -0.39 is 0 Å². The maximum Gasteiger partial charge on any atom is 0.301 e. The topological polar surface area (TPSA) is 74.7 Å². The Bertz CT molecular complexity index is 478. The van der Waals surface area contributed by atoms with Gasteiger partial charge in [-0.25, -0.2) is 5.84 Å². The molecule has 1 aliphatic heterocycles. The molecule has 3 N–H and O–H groups in total. The van der Waals surface area contributed by atoms with Gasteiger partial charge in [0.05, 0.1) is 6.54 Å². The zero-order chi connectivity index (χ0) is 15.4. The van der Waals surface area contributed by atoms with Crippen LogP contribution >= 0.6 is 0 Å². The lowest BCUT2D eigenvalue weighted by Gasteiger charge is -2.31. The summed E-state index contributed by atoms with van der Waals surface area (Å²) in [6.45, 7) is 5.99. The van der Waals surface area contributed by atoms with Crippen LogP contribution in [0.2, 0.25) is 0 Å². The van der Waals surface area contributed by atoms with Crippen molar-refractivity contribution < 1.29 is 9.21 Å². The predicted octanol–water partition coefficient (Wildman–Crippen LogP) is 0.965. The zero-order valence-electron chi connectivity index (χ0n) is 13.2. The number of carbonyl (C=O) groups excluding carboxylic acids is 1. The van der Waals surface area contributed by atoms with Gasteiger partial charge in [-0.3, -0.25) is 15.1 Å². The summed E-state index contributed by atoms with van der Waals surface area (Å²) < 4.78 is 5.60. The van der Waals surface area contributed by atoms with Crippen molar-refractivity contribution in [1.29, 1.82) is 0 Å². The lowest BCUT2D eigenvalue weighted by atomic mass is 9.97. The number of nitrogen functional groups attached to an aromatic ring is 1. The Morgan fingerprint density at radius 2 is 2.19 bits per heavy atom. The molecule has 6 heteroatoms. The van der Waals surface area contributed by atoms with E-state index in [0.717, 1.165) is 23.8 Å². The second kappa shape index (κ2) is 7.06. The zero-order valence-corrected chi connectivity index (χ0v) is 13.2. The van der Waals surface area contributed by atoms with Crippen LogP contribution in [0.4, 0.5) is 0 Å². The van der Waals surface area contributed by atoms with Crippen LogP contribution in [0.5, 0.6) is 0 Å². The molecule has 0 atom stereocenters. The molecule has 0 bridgehead atoms. The first-order chi connectivity index (χ1) is 9.99. The van der Waals surface area contributed by atoms with Gasteiger partial charge >= 0.3 is 5.91 Å². The molecule has 1 saturated heterocycles. The highest BCUT2D eigenvalue weighted by atomic mass is 16.4. The molecule has 2 rings (SSSR count). The molecule has 0 radical (unpaired) electrons. The van der Waals surface area contributed by atoms with Crippen LogP contribution in [0.15, 0.2) is 10.5 Å². The van der Waals surface area contributed by atoms with Crippen molar-refractivity contribution >= 4 is 5.91 Å². The van der Waals surface area contributed by atoms with E-state index in [1.54, 1.807) is 0 Å². The first-order valence-electron chi connectivity index (χ1n) is 7.47. The van der Waals surface area contributed by atoms with Gasteiger partial charge < -0.3 is 9.32 Å². The first-order valence-corrected chi connectivity index (χ1v) is 7.47. The average Bonchev–Trinajstić information content (AvgIpc) is 2.81. The minimum atomic E-state index is -0.378. The number of aryl methyl sites for hydroxylation is 1. The highest BCUT2D eigenvalue weighted by molar-refractivity contribution is 5.92. The first kappa shape index (κ1) is 16.0. The van der Waals surface area contributed by atoms with Crippen LogP contribution in [-0.2, 0) is 6.54 Å². The van der Waals surface area contributed by atoms with Crippen molar-refractivity contribution in [3.8, 4) is 0 Å². The minimum absolute atomic E-state index is 0.306. The van der Waals surface area contributed by atoms with Crippen molar-refractivity contribution in [1.82, 2.24) is 15.2 Å². The molecule has 2 heterocycles. The van der Waals surface area contributed by atoms with E-state index in [1.807, 2.05) is 13.0 Å². The highest BCUT2D eigenvalue weighted by Gasteiger charge is 2.20. The van der Waals surface area contributed by atoms with Gasteiger partial charge in [0.15, 0.2) is 5.76 Å². The van der Waals surface area contributed by atoms with E-state index in [4.69, 9.17) is 10.3 Å². The van der Waals surface area contributed by atoms with Crippen molar-refractivity contribution in [2.24, 2.45) is 11.8 Å². The summed E-state index contributed by atoms with van der Waals surface area (Å²) in [5.74, 6) is 6.62. The number of likely N-dealkylation sites (tertiary alicyclic amines) is 1. The molecule has 1 aromatic rings. The third-order valence-electron chi connectivity index (χ3n) is 4.14. The largest absolute Gasteiger partial charge is 0.454 e. The maximum atomic E-state index is 11.5. The molecule has 1 fully saturated rings. The molecule has 21 heavy (non-hydrogen) atoms. The number of carbonyl (C=O) groups is 1. The molecule has 0 unspecified atom stereocenters. The summed E-state index contributed by atoms with van der Waals surface area (Å²) in [6, 6.07) is 1.91. The summed E-state index contributed by atoms with van der Waals surface area (Å²) >= 11 is 0. The summed E-state index contributed by atoms with van der Waals surface area (Å²) in [5.41, 5.74) is 2.93. The lowest BCUT2D eigenvalue weighted by Crippen LogP contribution is -2.35. The van der Waals surface area contributed by atoms with Crippen molar-refractivity contribution in [3.63, 3.8) is 0 Å². The molecular formula is C15H26N4O2. The Labute approximate surface area is 126 Å². The summed E-state index contributed by atoms with van der Waals surface area (Å²) in [7, 11) is 4.27. The van der Waals surface area contributed by atoms with Crippen molar-refractivity contribution in [2.45, 2.75) is 26.3 Å². The van der Waals surface area contributed by atoms with Gasteiger partial charge in [-0.05, 0) is 58.9 Å². The van der Waals surface area contributed by atoms with Crippen LogP contribution in [0.1, 0.15) is 34.7 Å². The van der Waals surface area contributed by atoms with Crippen LogP contribution in [-0.4, -0.2) is 49.4 Å². The number of nitrogens with two attached hydrogens (primary N) is 1. The Balaban J connectivity index is 1.88. The fourth-order valence-corrected chi connectivity index (χ4v) is 2.93. The third-order valence-corrected chi connectivity index (χ3v) is 4.14. The normalized spacial score (nSPS) is 17.4. The highest BCUT2D eigenvalue weighted by Crippen LogP contribution is 2.19. The molecule has 0 spiro atoms. The van der Waals surface area contributed by atoms with Crippen LogP contribution in [0.3, 0.4) is 0 Å². The van der Waals surface area contributed by atoms with Crippen molar-refractivity contribution in [2.75, 3.05) is 33.7 Å². The maximum absolute atomic E-state index is 11.5. The molecule has 0 saturated carbocycles. The fraction of sp³-hybridized carbons (Fsp3) is 0.667.